The van der Waals surface area contributed by atoms with Crippen LogP contribution in [-0.2, 0) is 11.3 Å². The number of nitrogens with one attached hydrogen (secondary N) is 2. The molecule has 122 valence electrons. The van der Waals surface area contributed by atoms with E-state index in [0.717, 1.165) is 34.0 Å². The van der Waals surface area contributed by atoms with E-state index in [2.05, 4.69) is 18.3 Å². The molecule has 4 heteroatoms. The van der Waals surface area contributed by atoms with Gasteiger partial charge < -0.3 is 15.0 Å². The summed E-state index contributed by atoms with van der Waals surface area (Å²) in [5.41, 5.74) is 4.25. The quantitative estimate of drug-likeness (QED) is 0.856. The van der Waals surface area contributed by atoms with Gasteiger partial charge in [-0.1, -0.05) is 29.8 Å². The molecule has 0 fully saturated rings. The minimum atomic E-state index is 0.0171. The minimum Gasteiger partial charge on any atom is -0.496 e. The second-order valence-electron chi connectivity index (χ2n) is 5.99. The molecular formula is C19H25N2O2+. The Morgan fingerprint density at radius 1 is 1.17 bits per heavy atom. The van der Waals surface area contributed by atoms with E-state index in [1.807, 2.05) is 50.4 Å². The van der Waals surface area contributed by atoms with Gasteiger partial charge in [-0.15, -0.1) is 0 Å². The first kappa shape index (κ1) is 17.0. The smallest absolute Gasteiger partial charge is 0.279 e. The Labute approximate surface area is 138 Å². The third kappa shape index (κ3) is 4.83. The van der Waals surface area contributed by atoms with Gasteiger partial charge in [-0.25, -0.2) is 0 Å². The molecule has 1 atom stereocenters. The Balaban J connectivity index is 1.97. The Morgan fingerprint density at radius 2 is 1.91 bits per heavy atom. The van der Waals surface area contributed by atoms with Crippen molar-refractivity contribution in [3.63, 3.8) is 0 Å². The number of likely N-dealkylation sites (N-methyl/N-ethyl adjacent to an activating group) is 1. The van der Waals surface area contributed by atoms with E-state index in [1.165, 1.54) is 5.56 Å². The minimum absolute atomic E-state index is 0.0171. The molecule has 1 amide bonds. The van der Waals surface area contributed by atoms with Crippen LogP contribution >= 0.6 is 0 Å². The predicted molar refractivity (Wildman–Crippen MR) is 93.0 cm³/mol. The van der Waals surface area contributed by atoms with E-state index >= 15 is 0 Å². The molecule has 2 rings (SSSR count). The summed E-state index contributed by atoms with van der Waals surface area (Å²) in [5, 5.41) is 2.98. The summed E-state index contributed by atoms with van der Waals surface area (Å²) in [7, 11) is 3.69. The van der Waals surface area contributed by atoms with Gasteiger partial charge in [0.15, 0.2) is 6.54 Å². The molecule has 0 saturated carbocycles. The van der Waals surface area contributed by atoms with Gasteiger partial charge in [-0.2, -0.15) is 0 Å². The van der Waals surface area contributed by atoms with Crippen LogP contribution in [0, 0.1) is 13.8 Å². The van der Waals surface area contributed by atoms with Gasteiger partial charge in [0.05, 0.1) is 14.2 Å². The number of methoxy groups -OCH3 is 1. The highest BCUT2D eigenvalue weighted by atomic mass is 16.5. The third-order valence-corrected chi connectivity index (χ3v) is 3.81. The summed E-state index contributed by atoms with van der Waals surface area (Å²) in [5.74, 6) is 0.887. The predicted octanol–water partition coefficient (Wildman–Crippen LogP) is 1.97. The number of aryl methyl sites for hydroxylation is 2. The van der Waals surface area contributed by atoms with E-state index in [1.54, 1.807) is 7.11 Å². The van der Waals surface area contributed by atoms with E-state index < -0.39 is 0 Å². The number of amides is 1. The highest BCUT2D eigenvalue weighted by Crippen LogP contribution is 2.18. The van der Waals surface area contributed by atoms with Crippen molar-refractivity contribution in [2.45, 2.75) is 20.4 Å². The van der Waals surface area contributed by atoms with E-state index in [4.69, 9.17) is 4.74 Å². The number of hydrogen-bond acceptors (Lipinski definition) is 2. The average molecular weight is 313 g/mol. The van der Waals surface area contributed by atoms with Crippen LogP contribution in [0.5, 0.6) is 5.75 Å². The van der Waals surface area contributed by atoms with Crippen molar-refractivity contribution >= 4 is 11.6 Å². The molecule has 0 aliphatic carbocycles. The number of anilines is 1. The number of ether oxygens (including phenoxy) is 1. The topological polar surface area (TPSA) is 42.8 Å². The zero-order chi connectivity index (χ0) is 16.8. The molecule has 0 radical (unpaired) electrons. The lowest BCUT2D eigenvalue weighted by molar-refractivity contribution is -0.885. The van der Waals surface area contributed by atoms with Crippen molar-refractivity contribution in [2.24, 2.45) is 0 Å². The molecule has 1 unspecified atom stereocenters. The SMILES string of the molecule is COc1ccc(C)cc1C[NH+](C)CC(=O)Nc1ccccc1C. The van der Waals surface area contributed by atoms with Crippen LogP contribution in [0.1, 0.15) is 16.7 Å². The molecular weight excluding hydrogens is 288 g/mol. The normalized spacial score (nSPS) is 11.8. The van der Waals surface area contributed by atoms with Gasteiger partial charge >= 0.3 is 0 Å². The van der Waals surface area contributed by atoms with Gasteiger partial charge in [0.1, 0.15) is 12.3 Å². The van der Waals surface area contributed by atoms with Crippen LogP contribution in [0.15, 0.2) is 42.5 Å². The Kier molecular flexibility index (Phi) is 5.77. The van der Waals surface area contributed by atoms with Gasteiger partial charge in [0.25, 0.3) is 5.91 Å². The Morgan fingerprint density at radius 3 is 2.61 bits per heavy atom. The van der Waals surface area contributed by atoms with E-state index in [-0.39, 0.29) is 5.91 Å². The van der Waals surface area contributed by atoms with Crippen LogP contribution in [0.3, 0.4) is 0 Å². The molecule has 0 bridgehead atoms. The van der Waals surface area contributed by atoms with Gasteiger partial charge in [0, 0.05) is 11.3 Å². The fourth-order valence-corrected chi connectivity index (χ4v) is 2.61. The molecule has 0 aromatic heterocycles. The molecule has 0 heterocycles. The summed E-state index contributed by atoms with van der Waals surface area (Å²) >= 11 is 0. The number of hydrogen-bond donors (Lipinski definition) is 2. The Hall–Kier alpha value is -2.33. The third-order valence-electron chi connectivity index (χ3n) is 3.81. The summed E-state index contributed by atoms with van der Waals surface area (Å²) in [6.07, 6.45) is 0. The van der Waals surface area contributed by atoms with Crippen LogP contribution in [0.4, 0.5) is 5.69 Å². The molecule has 2 aromatic rings. The summed E-state index contributed by atoms with van der Waals surface area (Å²) in [6.45, 7) is 5.20. The lowest BCUT2D eigenvalue weighted by atomic mass is 10.1. The van der Waals surface area contributed by atoms with Crippen molar-refractivity contribution in [3.8, 4) is 5.75 Å². The lowest BCUT2D eigenvalue weighted by Crippen LogP contribution is -3.08. The fraction of sp³-hybridized carbons (Fsp3) is 0.316. The van der Waals surface area contributed by atoms with Crippen LogP contribution in [0.25, 0.3) is 0 Å². The number of rotatable bonds is 6. The first-order valence-electron chi connectivity index (χ1n) is 7.80. The van der Waals surface area contributed by atoms with Crippen LogP contribution < -0.4 is 15.0 Å². The van der Waals surface area contributed by atoms with Crippen molar-refractivity contribution in [3.05, 3.63) is 59.2 Å². The number of quaternary nitrogens is 1. The first-order chi connectivity index (χ1) is 11.0. The largest absolute Gasteiger partial charge is 0.496 e. The number of benzene rings is 2. The average Bonchev–Trinajstić information content (AvgIpc) is 2.49. The molecule has 2 N–H and O–H groups in total. The molecule has 23 heavy (non-hydrogen) atoms. The first-order valence-corrected chi connectivity index (χ1v) is 7.80. The lowest BCUT2D eigenvalue weighted by Gasteiger charge is -2.16. The zero-order valence-corrected chi connectivity index (χ0v) is 14.3. The summed E-state index contributed by atoms with van der Waals surface area (Å²) in [6, 6.07) is 13.9. The summed E-state index contributed by atoms with van der Waals surface area (Å²) in [4.78, 5) is 13.3. The maximum Gasteiger partial charge on any atom is 0.279 e. The molecule has 0 aliphatic rings. The van der Waals surface area contributed by atoms with Gasteiger partial charge in [-0.05, 0) is 37.6 Å². The molecule has 0 saturated heterocycles. The van der Waals surface area contributed by atoms with Crippen molar-refractivity contribution in [1.82, 2.24) is 0 Å². The second kappa shape index (κ2) is 7.79. The maximum atomic E-state index is 12.2. The standard InChI is InChI=1S/C19H24N2O2/c1-14-9-10-18(23-4)16(11-14)12-21(3)13-19(22)20-17-8-6-5-7-15(17)2/h5-11H,12-13H2,1-4H3,(H,20,22)/p+1. The van der Waals surface area contributed by atoms with Crippen LogP contribution in [0.2, 0.25) is 0 Å². The molecule has 0 aliphatic heterocycles. The number of carbonyl (C=O) groups is 1. The van der Waals surface area contributed by atoms with Gasteiger partial charge in [-0.3, -0.25) is 4.79 Å². The highest BCUT2D eigenvalue weighted by molar-refractivity contribution is 5.92. The van der Waals surface area contributed by atoms with Crippen molar-refractivity contribution in [1.29, 1.82) is 0 Å². The van der Waals surface area contributed by atoms with Crippen LogP contribution in [-0.4, -0.2) is 26.6 Å². The van der Waals surface area contributed by atoms with Crippen molar-refractivity contribution in [2.75, 3.05) is 26.0 Å². The molecule has 4 nitrogen and oxygen atoms in total. The number of para-hydroxylation sites is 1. The van der Waals surface area contributed by atoms with E-state index in [0.29, 0.717) is 6.54 Å². The highest BCUT2D eigenvalue weighted by Gasteiger charge is 2.14. The monoisotopic (exact) mass is 313 g/mol. The second-order valence-corrected chi connectivity index (χ2v) is 5.99. The molecule has 0 spiro atoms. The molecule has 2 aromatic carbocycles. The fourth-order valence-electron chi connectivity index (χ4n) is 2.61. The maximum absolute atomic E-state index is 12.2. The van der Waals surface area contributed by atoms with E-state index in [9.17, 15) is 4.79 Å². The Bertz CT molecular complexity index is 683. The van der Waals surface area contributed by atoms with Crippen molar-refractivity contribution < 1.29 is 14.4 Å². The summed E-state index contributed by atoms with van der Waals surface area (Å²) < 4.78 is 5.40. The number of carbonyl (C=O) groups excluding carboxylic acids is 1. The van der Waals surface area contributed by atoms with Gasteiger partial charge in [0.2, 0.25) is 0 Å². The zero-order valence-electron chi connectivity index (χ0n) is 14.3.